The summed E-state index contributed by atoms with van der Waals surface area (Å²) >= 11 is 0. The summed E-state index contributed by atoms with van der Waals surface area (Å²) < 4.78 is 5.88. The van der Waals surface area contributed by atoms with Crippen LogP contribution in [0.25, 0.3) is 10.8 Å². The van der Waals surface area contributed by atoms with E-state index < -0.39 is 6.10 Å². The van der Waals surface area contributed by atoms with E-state index in [0.29, 0.717) is 13.2 Å². The summed E-state index contributed by atoms with van der Waals surface area (Å²) in [5.41, 5.74) is 2.44. The van der Waals surface area contributed by atoms with E-state index in [0.717, 1.165) is 36.0 Å². The second kappa shape index (κ2) is 6.63. The number of aliphatic hydroxyl groups is 1. The van der Waals surface area contributed by atoms with E-state index in [1.807, 2.05) is 36.5 Å². The number of nitrogens with zero attached hydrogens (tertiary/aromatic N) is 2. The maximum atomic E-state index is 10.3. The molecule has 3 aromatic rings. The van der Waals surface area contributed by atoms with Crippen LogP contribution >= 0.6 is 0 Å². The van der Waals surface area contributed by atoms with Crippen molar-refractivity contribution >= 4 is 10.8 Å². The van der Waals surface area contributed by atoms with Gasteiger partial charge in [0.25, 0.3) is 0 Å². The van der Waals surface area contributed by atoms with Crippen LogP contribution in [0.3, 0.4) is 0 Å². The van der Waals surface area contributed by atoms with Crippen LogP contribution in [0.2, 0.25) is 0 Å². The van der Waals surface area contributed by atoms with Crippen molar-refractivity contribution in [2.45, 2.75) is 19.1 Å². The molecule has 4 rings (SSSR count). The van der Waals surface area contributed by atoms with Gasteiger partial charge in [-0.3, -0.25) is 10.00 Å². The molecule has 0 fully saturated rings. The lowest BCUT2D eigenvalue weighted by atomic mass is 10.1. The zero-order valence-corrected chi connectivity index (χ0v) is 13.5. The molecule has 2 heterocycles. The third-order valence-corrected chi connectivity index (χ3v) is 4.53. The Labute approximate surface area is 140 Å². The van der Waals surface area contributed by atoms with E-state index in [1.165, 1.54) is 11.3 Å². The Bertz CT molecular complexity index is 825. The number of hydrogen-bond acceptors (Lipinski definition) is 4. The van der Waals surface area contributed by atoms with Crippen LogP contribution in [0.15, 0.2) is 48.7 Å². The van der Waals surface area contributed by atoms with Crippen LogP contribution in [0.5, 0.6) is 5.75 Å². The van der Waals surface area contributed by atoms with Crippen molar-refractivity contribution in [2.24, 2.45) is 0 Å². The van der Waals surface area contributed by atoms with Gasteiger partial charge in [0.05, 0.1) is 6.20 Å². The molecule has 1 aliphatic heterocycles. The molecule has 0 saturated heterocycles. The number of aromatic nitrogens is 2. The minimum Gasteiger partial charge on any atom is -0.490 e. The van der Waals surface area contributed by atoms with Crippen molar-refractivity contribution in [3.63, 3.8) is 0 Å². The van der Waals surface area contributed by atoms with Gasteiger partial charge in [-0.15, -0.1) is 0 Å². The van der Waals surface area contributed by atoms with E-state index in [9.17, 15) is 5.11 Å². The summed E-state index contributed by atoms with van der Waals surface area (Å²) in [6, 6.07) is 14.1. The van der Waals surface area contributed by atoms with Gasteiger partial charge in [0.15, 0.2) is 0 Å². The number of aliphatic hydroxyl groups excluding tert-OH is 1. The SMILES string of the molecule is OC(COc1cccc2ccccc12)CN1CCc2[nH]ncc2C1. The van der Waals surface area contributed by atoms with Crippen LogP contribution in [-0.4, -0.2) is 46.0 Å². The van der Waals surface area contributed by atoms with Gasteiger partial charge in [-0.2, -0.15) is 5.10 Å². The summed E-state index contributed by atoms with van der Waals surface area (Å²) in [5.74, 6) is 0.822. The molecule has 0 bridgehead atoms. The third kappa shape index (κ3) is 3.13. The molecule has 5 nitrogen and oxygen atoms in total. The number of benzene rings is 2. The molecule has 5 heteroatoms. The third-order valence-electron chi connectivity index (χ3n) is 4.53. The van der Waals surface area contributed by atoms with Gasteiger partial charge in [0, 0.05) is 42.7 Å². The lowest BCUT2D eigenvalue weighted by molar-refractivity contribution is 0.0642. The minimum absolute atomic E-state index is 0.294. The molecule has 0 saturated carbocycles. The minimum atomic E-state index is -0.516. The molecule has 1 aromatic heterocycles. The lowest BCUT2D eigenvalue weighted by Crippen LogP contribution is -2.38. The van der Waals surface area contributed by atoms with Gasteiger partial charge >= 0.3 is 0 Å². The zero-order chi connectivity index (χ0) is 16.4. The molecule has 0 aliphatic carbocycles. The Morgan fingerprint density at radius 3 is 3.04 bits per heavy atom. The fourth-order valence-electron chi connectivity index (χ4n) is 3.29. The molecule has 1 unspecified atom stereocenters. The summed E-state index contributed by atoms with van der Waals surface area (Å²) in [6.07, 6.45) is 2.31. The van der Waals surface area contributed by atoms with Crippen LogP contribution in [0.4, 0.5) is 0 Å². The molecule has 1 atom stereocenters. The standard InChI is InChI=1S/C19H21N3O2/c23-16(12-22-9-8-18-15(11-22)10-20-21-18)13-24-19-7-3-5-14-4-1-2-6-17(14)19/h1-7,10,16,23H,8-9,11-13H2,(H,20,21). The fraction of sp³-hybridized carbons (Fsp3) is 0.316. The largest absolute Gasteiger partial charge is 0.490 e. The molecule has 0 radical (unpaired) electrons. The predicted octanol–water partition coefficient (Wildman–Crippen LogP) is 2.36. The number of nitrogens with one attached hydrogen (secondary N) is 1. The van der Waals surface area contributed by atoms with E-state index >= 15 is 0 Å². The Morgan fingerprint density at radius 2 is 2.08 bits per heavy atom. The summed E-state index contributed by atoms with van der Waals surface area (Å²) in [7, 11) is 0. The first-order chi connectivity index (χ1) is 11.8. The van der Waals surface area contributed by atoms with E-state index in [2.05, 4.69) is 27.2 Å². The molecular formula is C19H21N3O2. The number of rotatable bonds is 5. The van der Waals surface area contributed by atoms with Crippen LogP contribution in [0, 0.1) is 0 Å². The first kappa shape index (κ1) is 15.2. The van der Waals surface area contributed by atoms with Crippen LogP contribution < -0.4 is 4.74 Å². The monoisotopic (exact) mass is 323 g/mol. The number of β-amino-alcohol motifs (C(OH)–C–C–N with tert-alkyl or cyclic N) is 1. The van der Waals surface area contributed by atoms with Gasteiger partial charge < -0.3 is 9.84 Å². The highest BCUT2D eigenvalue weighted by Gasteiger charge is 2.20. The number of H-pyrrole nitrogens is 1. The number of hydrogen-bond donors (Lipinski definition) is 2. The maximum Gasteiger partial charge on any atom is 0.127 e. The van der Waals surface area contributed by atoms with Crippen molar-refractivity contribution in [2.75, 3.05) is 19.7 Å². The average Bonchev–Trinajstić information content (AvgIpc) is 3.07. The molecule has 2 aromatic carbocycles. The molecular weight excluding hydrogens is 302 g/mol. The zero-order valence-electron chi connectivity index (χ0n) is 13.5. The van der Waals surface area contributed by atoms with Crippen LogP contribution in [0.1, 0.15) is 11.3 Å². The second-order valence-corrected chi connectivity index (χ2v) is 6.30. The van der Waals surface area contributed by atoms with Gasteiger partial charge in [-0.25, -0.2) is 0 Å². The highest BCUT2D eigenvalue weighted by Crippen LogP contribution is 2.25. The van der Waals surface area contributed by atoms with E-state index in [-0.39, 0.29) is 0 Å². The van der Waals surface area contributed by atoms with Gasteiger partial charge in [-0.1, -0.05) is 36.4 Å². The summed E-state index contributed by atoms with van der Waals surface area (Å²) in [5, 5.41) is 19.7. The summed E-state index contributed by atoms with van der Waals surface area (Å²) in [6.45, 7) is 2.66. The Morgan fingerprint density at radius 1 is 1.21 bits per heavy atom. The Kier molecular flexibility index (Phi) is 4.19. The predicted molar refractivity (Wildman–Crippen MR) is 93.0 cm³/mol. The topological polar surface area (TPSA) is 61.4 Å². The average molecular weight is 323 g/mol. The lowest BCUT2D eigenvalue weighted by Gasteiger charge is -2.28. The molecule has 0 amide bonds. The fourth-order valence-corrected chi connectivity index (χ4v) is 3.29. The van der Waals surface area contributed by atoms with Crippen molar-refractivity contribution in [1.82, 2.24) is 15.1 Å². The Hall–Kier alpha value is -2.37. The van der Waals surface area contributed by atoms with Crippen LogP contribution in [-0.2, 0) is 13.0 Å². The summed E-state index contributed by atoms with van der Waals surface area (Å²) in [4.78, 5) is 2.25. The molecule has 1 aliphatic rings. The molecule has 124 valence electrons. The van der Waals surface area contributed by atoms with Gasteiger partial charge in [0.1, 0.15) is 18.5 Å². The van der Waals surface area contributed by atoms with E-state index in [1.54, 1.807) is 0 Å². The first-order valence-electron chi connectivity index (χ1n) is 8.32. The molecule has 0 spiro atoms. The first-order valence-corrected chi connectivity index (χ1v) is 8.32. The maximum absolute atomic E-state index is 10.3. The normalized spacial score (nSPS) is 16.0. The number of aromatic amines is 1. The van der Waals surface area contributed by atoms with Crippen molar-refractivity contribution in [3.05, 3.63) is 59.9 Å². The quantitative estimate of drug-likeness (QED) is 0.757. The number of ether oxygens (including phenoxy) is 1. The molecule has 2 N–H and O–H groups in total. The number of fused-ring (bicyclic) bond motifs is 2. The highest BCUT2D eigenvalue weighted by atomic mass is 16.5. The smallest absolute Gasteiger partial charge is 0.127 e. The molecule has 24 heavy (non-hydrogen) atoms. The van der Waals surface area contributed by atoms with E-state index in [4.69, 9.17) is 4.74 Å². The van der Waals surface area contributed by atoms with Gasteiger partial charge in [0.2, 0.25) is 0 Å². The van der Waals surface area contributed by atoms with Gasteiger partial charge in [-0.05, 0) is 11.5 Å². The van der Waals surface area contributed by atoms with Crippen molar-refractivity contribution in [3.8, 4) is 5.75 Å². The Balaban J connectivity index is 1.36. The van der Waals surface area contributed by atoms with Crippen molar-refractivity contribution in [1.29, 1.82) is 0 Å². The highest BCUT2D eigenvalue weighted by molar-refractivity contribution is 5.88. The van der Waals surface area contributed by atoms with Crippen molar-refractivity contribution < 1.29 is 9.84 Å². The second-order valence-electron chi connectivity index (χ2n) is 6.30.